The molecule has 0 amide bonds. The van der Waals surface area contributed by atoms with Crippen molar-refractivity contribution < 1.29 is 9.13 Å². The van der Waals surface area contributed by atoms with E-state index >= 15 is 0 Å². The first-order valence-corrected chi connectivity index (χ1v) is 6.39. The van der Waals surface area contributed by atoms with Crippen molar-refractivity contribution in [2.75, 3.05) is 26.8 Å². The van der Waals surface area contributed by atoms with Crippen LogP contribution in [0.2, 0.25) is 5.02 Å². The lowest BCUT2D eigenvalue weighted by atomic mass is 10.2. The number of amidine groups is 1. The molecule has 1 aromatic rings. The molecule has 0 aliphatic rings. The minimum Gasteiger partial charge on any atom is -0.388 e. The van der Waals surface area contributed by atoms with Crippen molar-refractivity contribution >= 4 is 17.4 Å². The van der Waals surface area contributed by atoms with Gasteiger partial charge in [0, 0.05) is 33.2 Å². The maximum Gasteiger partial charge on any atom is 0.142 e. The molecule has 4 nitrogen and oxygen atoms in total. The van der Waals surface area contributed by atoms with E-state index in [2.05, 4.69) is 0 Å². The number of hydrogen-bond donors (Lipinski definition) is 2. The minimum atomic E-state index is -0.419. The van der Waals surface area contributed by atoms with Crippen LogP contribution in [-0.4, -0.2) is 37.5 Å². The van der Waals surface area contributed by atoms with Gasteiger partial charge in [-0.3, -0.25) is 10.3 Å². The van der Waals surface area contributed by atoms with Gasteiger partial charge in [-0.05, 0) is 11.6 Å². The highest BCUT2D eigenvalue weighted by atomic mass is 35.5. The zero-order valence-electron chi connectivity index (χ0n) is 11.0. The third-order valence-electron chi connectivity index (χ3n) is 2.73. The van der Waals surface area contributed by atoms with Gasteiger partial charge in [-0.25, -0.2) is 4.39 Å². The molecule has 0 aliphatic carbocycles. The first-order valence-electron chi connectivity index (χ1n) is 6.01. The Bertz CT molecular complexity index is 428. The summed E-state index contributed by atoms with van der Waals surface area (Å²) in [6, 6.07) is 4.76. The average Bonchev–Trinajstić information content (AvgIpc) is 2.37. The predicted octanol–water partition coefficient (Wildman–Crippen LogP) is 2.25. The third-order valence-corrected chi connectivity index (χ3v) is 3.16. The van der Waals surface area contributed by atoms with Crippen LogP contribution >= 0.6 is 11.6 Å². The second kappa shape index (κ2) is 8.09. The molecule has 0 heterocycles. The normalized spacial score (nSPS) is 10.9. The largest absolute Gasteiger partial charge is 0.388 e. The zero-order valence-corrected chi connectivity index (χ0v) is 11.7. The first-order chi connectivity index (χ1) is 9.04. The quantitative estimate of drug-likeness (QED) is 0.569. The summed E-state index contributed by atoms with van der Waals surface area (Å²) in [6.45, 7) is 2.36. The fourth-order valence-corrected chi connectivity index (χ4v) is 1.87. The van der Waals surface area contributed by atoms with Gasteiger partial charge < -0.3 is 10.5 Å². The van der Waals surface area contributed by atoms with Crippen LogP contribution in [-0.2, 0) is 11.3 Å². The van der Waals surface area contributed by atoms with Crippen LogP contribution in [0.1, 0.15) is 12.0 Å². The lowest BCUT2D eigenvalue weighted by Gasteiger charge is -2.22. The molecule has 19 heavy (non-hydrogen) atoms. The second-order valence-corrected chi connectivity index (χ2v) is 4.64. The third kappa shape index (κ3) is 5.55. The van der Waals surface area contributed by atoms with Gasteiger partial charge in [0.1, 0.15) is 5.82 Å². The number of rotatable bonds is 8. The summed E-state index contributed by atoms with van der Waals surface area (Å²) in [5, 5.41) is 7.40. The van der Waals surface area contributed by atoms with Crippen molar-refractivity contribution in [1.82, 2.24) is 4.90 Å². The number of nitrogens with zero attached hydrogens (tertiary/aromatic N) is 1. The van der Waals surface area contributed by atoms with E-state index in [0.717, 1.165) is 5.56 Å². The van der Waals surface area contributed by atoms with Gasteiger partial charge in [0.25, 0.3) is 0 Å². The standard InChI is InChI=1S/C13H19ClFN3O/c1-19-8-7-18(6-5-12(16)17)9-10-3-2-4-11(15)13(10)14/h2-4H,5-9H2,1H3,(H3,16,17). The molecular weight excluding hydrogens is 269 g/mol. The van der Waals surface area contributed by atoms with Crippen LogP contribution in [0.15, 0.2) is 18.2 Å². The van der Waals surface area contributed by atoms with E-state index in [1.807, 2.05) is 4.90 Å². The number of halogens is 2. The second-order valence-electron chi connectivity index (χ2n) is 4.26. The number of ether oxygens (including phenoxy) is 1. The summed E-state index contributed by atoms with van der Waals surface area (Å²) in [5.41, 5.74) is 6.08. The smallest absolute Gasteiger partial charge is 0.142 e. The Morgan fingerprint density at radius 2 is 2.21 bits per heavy atom. The molecule has 0 aliphatic heterocycles. The Morgan fingerprint density at radius 3 is 2.84 bits per heavy atom. The highest BCUT2D eigenvalue weighted by Gasteiger charge is 2.11. The number of hydrogen-bond acceptors (Lipinski definition) is 3. The molecule has 0 saturated carbocycles. The molecule has 0 aromatic heterocycles. The topological polar surface area (TPSA) is 62.3 Å². The molecule has 3 N–H and O–H groups in total. The summed E-state index contributed by atoms with van der Waals surface area (Å²) < 4.78 is 18.4. The Morgan fingerprint density at radius 1 is 1.47 bits per heavy atom. The van der Waals surface area contributed by atoms with E-state index in [1.54, 1.807) is 19.2 Å². The molecular formula is C13H19ClFN3O. The average molecular weight is 288 g/mol. The maximum atomic E-state index is 13.4. The molecule has 1 rings (SSSR count). The molecule has 0 saturated heterocycles. The maximum absolute atomic E-state index is 13.4. The zero-order chi connectivity index (χ0) is 14.3. The summed E-state index contributed by atoms with van der Waals surface area (Å²) in [6.07, 6.45) is 0.469. The lowest BCUT2D eigenvalue weighted by Crippen LogP contribution is -2.30. The Labute approximate surface area is 117 Å². The fourth-order valence-electron chi connectivity index (χ4n) is 1.68. The van der Waals surface area contributed by atoms with Crippen molar-refractivity contribution in [2.45, 2.75) is 13.0 Å². The van der Waals surface area contributed by atoms with E-state index < -0.39 is 5.82 Å². The Balaban J connectivity index is 2.69. The van der Waals surface area contributed by atoms with Crippen molar-refractivity contribution in [1.29, 1.82) is 5.41 Å². The molecule has 0 unspecified atom stereocenters. The minimum absolute atomic E-state index is 0.132. The van der Waals surface area contributed by atoms with Crippen molar-refractivity contribution in [3.8, 4) is 0 Å². The SMILES string of the molecule is COCCN(CCC(=N)N)Cc1cccc(F)c1Cl. The fraction of sp³-hybridized carbons (Fsp3) is 0.462. The van der Waals surface area contributed by atoms with Crippen LogP contribution in [0.4, 0.5) is 4.39 Å². The summed E-state index contributed by atoms with van der Waals surface area (Å²) >= 11 is 5.93. The van der Waals surface area contributed by atoms with Crippen LogP contribution in [0, 0.1) is 11.2 Å². The van der Waals surface area contributed by atoms with Gasteiger partial charge in [-0.15, -0.1) is 0 Å². The molecule has 0 fully saturated rings. The number of methoxy groups -OCH3 is 1. The van der Waals surface area contributed by atoms with Gasteiger partial charge in [-0.2, -0.15) is 0 Å². The summed E-state index contributed by atoms with van der Waals surface area (Å²) in [5.74, 6) is -0.287. The first kappa shape index (κ1) is 15.9. The Kier molecular flexibility index (Phi) is 6.77. The van der Waals surface area contributed by atoms with Gasteiger partial charge in [0.05, 0.1) is 17.5 Å². The van der Waals surface area contributed by atoms with E-state index in [0.29, 0.717) is 32.7 Å². The van der Waals surface area contributed by atoms with Gasteiger partial charge in [0.15, 0.2) is 0 Å². The monoisotopic (exact) mass is 287 g/mol. The van der Waals surface area contributed by atoms with Crippen molar-refractivity contribution in [3.05, 3.63) is 34.6 Å². The molecule has 1 aromatic carbocycles. The van der Waals surface area contributed by atoms with E-state index in [1.165, 1.54) is 6.07 Å². The number of nitrogens with one attached hydrogen (secondary N) is 1. The van der Waals surface area contributed by atoms with Crippen LogP contribution in [0.5, 0.6) is 0 Å². The Hall–Kier alpha value is -1.17. The van der Waals surface area contributed by atoms with Gasteiger partial charge >= 0.3 is 0 Å². The van der Waals surface area contributed by atoms with Gasteiger partial charge in [-0.1, -0.05) is 23.7 Å². The highest BCUT2D eigenvalue weighted by Crippen LogP contribution is 2.21. The molecule has 0 radical (unpaired) electrons. The molecule has 0 atom stereocenters. The molecule has 0 spiro atoms. The number of nitrogens with two attached hydrogens (primary N) is 1. The molecule has 106 valence electrons. The highest BCUT2D eigenvalue weighted by molar-refractivity contribution is 6.31. The summed E-state index contributed by atoms with van der Waals surface area (Å²) in [7, 11) is 1.62. The van der Waals surface area contributed by atoms with Crippen LogP contribution < -0.4 is 5.73 Å². The predicted molar refractivity (Wildman–Crippen MR) is 75.1 cm³/mol. The van der Waals surface area contributed by atoms with Gasteiger partial charge in [0.2, 0.25) is 0 Å². The van der Waals surface area contributed by atoms with Crippen molar-refractivity contribution in [3.63, 3.8) is 0 Å². The van der Waals surface area contributed by atoms with E-state index in [4.69, 9.17) is 27.5 Å². The molecule has 6 heteroatoms. The molecule has 0 bridgehead atoms. The lowest BCUT2D eigenvalue weighted by molar-refractivity contribution is 0.145. The number of benzene rings is 1. The van der Waals surface area contributed by atoms with Crippen molar-refractivity contribution in [2.24, 2.45) is 5.73 Å². The van der Waals surface area contributed by atoms with E-state index in [9.17, 15) is 4.39 Å². The van der Waals surface area contributed by atoms with Crippen LogP contribution in [0.25, 0.3) is 0 Å². The van der Waals surface area contributed by atoms with E-state index in [-0.39, 0.29) is 10.9 Å². The summed E-state index contributed by atoms with van der Waals surface area (Å²) in [4.78, 5) is 2.03. The van der Waals surface area contributed by atoms with Crippen LogP contribution in [0.3, 0.4) is 0 Å².